The monoisotopic (exact) mass is 300 g/mol. The lowest BCUT2D eigenvalue weighted by molar-refractivity contribution is 0.140. The van der Waals surface area contributed by atoms with Gasteiger partial charge in [0.2, 0.25) is 0 Å². The molecule has 2 saturated carbocycles. The molecule has 2 aliphatic rings. The van der Waals surface area contributed by atoms with Crippen LogP contribution in [0.4, 0.5) is 11.4 Å². The zero-order chi connectivity index (χ0) is 15.5. The molecule has 0 aliphatic heterocycles. The van der Waals surface area contributed by atoms with Crippen LogP contribution in [0.2, 0.25) is 0 Å². The maximum Gasteiger partial charge on any atom is 0.0550 e. The van der Waals surface area contributed by atoms with E-state index in [4.69, 9.17) is 11.5 Å². The first-order valence-corrected chi connectivity index (χ1v) is 9.27. The fraction of sp³-hybridized carbons (Fsp3) is 0.700. The Hall–Kier alpha value is -1.18. The molecule has 1 aromatic rings. The van der Waals surface area contributed by atoms with Crippen molar-refractivity contribution in [3.8, 4) is 0 Å². The summed E-state index contributed by atoms with van der Waals surface area (Å²) in [6.07, 6.45) is 12.8. The highest BCUT2D eigenvalue weighted by Crippen LogP contribution is 2.44. The number of aryl methyl sites for hydroxylation is 1. The lowest BCUT2D eigenvalue weighted by atomic mass is 9.68. The van der Waals surface area contributed by atoms with Crippen molar-refractivity contribution >= 4 is 11.4 Å². The van der Waals surface area contributed by atoms with Gasteiger partial charge in [-0.1, -0.05) is 45.1 Å². The third kappa shape index (κ3) is 3.59. The van der Waals surface area contributed by atoms with E-state index >= 15 is 0 Å². The van der Waals surface area contributed by atoms with Crippen LogP contribution < -0.4 is 11.5 Å². The predicted molar refractivity (Wildman–Crippen MR) is 95.5 cm³/mol. The molecular formula is C20H32N2. The molecular weight excluding hydrogens is 268 g/mol. The smallest absolute Gasteiger partial charge is 0.0550 e. The molecule has 1 aromatic carbocycles. The zero-order valence-electron chi connectivity index (χ0n) is 14.1. The summed E-state index contributed by atoms with van der Waals surface area (Å²) >= 11 is 0. The molecule has 0 bridgehead atoms. The molecule has 122 valence electrons. The Labute approximate surface area is 135 Å². The molecule has 2 nitrogen and oxygen atoms in total. The second kappa shape index (κ2) is 6.93. The lowest BCUT2D eigenvalue weighted by Crippen LogP contribution is -2.27. The molecule has 2 aliphatic carbocycles. The molecule has 2 heteroatoms. The van der Waals surface area contributed by atoms with Gasteiger partial charge in [0.1, 0.15) is 0 Å². The molecule has 3 atom stereocenters. The van der Waals surface area contributed by atoms with Crippen molar-refractivity contribution in [1.82, 2.24) is 0 Å². The largest absolute Gasteiger partial charge is 0.397 e. The number of nitrogens with two attached hydrogens (primary N) is 2. The van der Waals surface area contributed by atoms with Crippen LogP contribution in [-0.2, 0) is 6.42 Å². The molecule has 0 heterocycles. The van der Waals surface area contributed by atoms with Crippen LogP contribution in [0.1, 0.15) is 63.9 Å². The molecule has 3 rings (SSSR count). The highest BCUT2D eigenvalue weighted by atomic mass is 14.7. The van der Waals surface area contributed by atoms with E-state index in [9.17, 15) is 0 Å². The number of hydrogen-bond acceptors (Lipinski definition) is 2. The first-order chi connectivity index (χ1) is 10.6. The second-order valence-corrected chi connectivity index (χ2v) is 7.86. The molecule has 0 saturated heterocycles. The van der Waals surface area contributed by atoms with Gasteiger partial charge in [0.25, 0.3) is 0 Å². The number of hydrogen-bond donors (Lipinski definition) is 2. The maximum atomic E-state index is 5.94. The molecule has 2 fully saturated rings. The van der Waals surface area contributed by atoms with Gasteiger partial charge in [0.15, 0.2) is 0 Å². The minimum absolute atomic E-state index is 0.705. The van der Waals surface area contributed by atoms with Gasteiger partial charge in [-0.15, -0.1) is 0 Å². The number of benzene rings is 1. The van der Waals surface area contributed by atoms with Crippen molar-refractivity contribution in [3.63, 3.8) is 0 Å². The normalized spacial score (nSPS) is 29.8. The number of nitrogen functional groups attached to an aromatic ring is 2. The summed E-state index contributed by atoms with van der Waals surface area (Å²) in [5, 5.41) is 0. The molecule has 1 unspecified atom stereocenters. The lowest BCUT2D eigenvalue weighted by Gasteiger charge is -2.37. The Bertz CT molecular complexity index is 490. The van der Waals surface area contributed by atoms with Crippen molar-refractivity contribution in [1.29, 1.82) is 0 Å². The van der Waals surface area contributed by atoms with Crippen molar-refractivity contribution in [3.05, 3.63) is 23.8 Å². The molecule has 0 amide bonds. The van der Waals surface area contributed by atoms with Gasteiger partial charge >= 0.3 is 0 Å². The fourth-order valence-corrected chi connectivity index (χ4v) is 4.84. The van der Waals surface area contributed by atoms with E-state index in [1.807, 2.05) is 6.07 Å². The quantitative estimate of drug-likeness (QED) is 0.766. The predicted octanol–water partition coefficient (Wildman–Crippen LogP) is 5.03. The van der Waals surface area contributed by atoms with E-state index in [1.165, 1.54) is 56.9 Å². The van der Waals surface area contributed by atoms with Gasteiger partial charge in [-0.05, 0) is 67.1 Å². The minimum atomic E-state index is 0.705. The number of rotatable bonds is 4. The summed E-state index contributed by atoms with van der Waals surface area (Å²) in [7, 11) is 0. The van der Waals surface area contributed by atoms with Crippen molar-refractivity contribution < 1.29 is 0 Å². The van der Waals surface area contributed by atoms with Gasteiger partial charge in [-0.3, -0.25) is 0 Å². The Balaban J connectivity index is 1.56. The Kier molecular flexibility index (Phi) is 4.95. The minimum Gasteiger partial charge on any atom is -0.397 e. The average Bonchev–Trinajstić information content (AvgIpc) is 3.04. The van der Waals surface area contributed by atoms with Crippen LogP contribution in [0.3, 0.4) is 0 Å². The van der Waals surface area contributed by atoms with Crippen LogP contribution in [0.5, 0.6) is 0 Å². The number of anilines is 2. The van der Waals surface area contributed by atoms with Gasteiger partial charge in [-0.25, -0.2) is 0 Å². The summed E-state index contributed by atoms with van der Waals surface area (Å²) in [5.41, 5.74) is 14.5. The average molecular weight is 300 g/mol. The van der Waals surface area contributed by atoms with E-state index in [1.54, 1.807) is 0 Å². The van der Waals surface area contributed by atoms with Gasteiger partial charge < -0.3 is 11.5 Å². The summed E-state index contributed by atoms with van der Waals surface area (Å²) in [5.74, 6) is 3.85. The van der Waals surface area contributed by atoms with Crippen molar-refractivity contribution in [2.45, 2.75) is 64.7 Å². The highest BCUT2D eigenvalue weighted by molar-refractivity contribution is 5.63. The van der Waals surface area contributed by atoms with E-state index in [0.29, 0.717) is 5.69 Å². The second-order valence-electron chi connectivity index (χ2n) is 7.86. The Morgan fingerprint density at radius 3 is 2.45 bits per heavy atom. The molecule has 0 spiro atoms. The first-order valence-electron chi connectivity index (χ1n) is 9.27. The molecule has 4 N–H and O–H groups in total. The highest BCUT2D eigenvalue weighted by Gasteiger charge is 2.33. The summed E-state index contributed by atoms with van der Waals surface area (Å²) in [6.45, 7) is 2.47. The Morgan fingerprint density at radius 2 is 1.73 bits per heavy atom. The zero-order valence-corrected chi connectivity index (χ0v) is 14.1. The SMILES string of the molecule is CC1CC[C@@H](C2CCCC2)C[C@@H]1CCc1ccc(N)c(N)c1. The fourth-order valence-electron chi connectivity index (χ4n) is 4.84. The molecule has 0 radical (unpaired) electrons. The van der Waals surface area contributed by atoms with E-state index < -0.39 is 0 Å². The van der Waals surface area contributed by atoms with Gasteiger partial charge in [0, 0.05) is 0 Å². The third-order valence-corrected chi connectivity index (χ3v) is 6.42. The van der Waals surface area contributed by atoms with Crippen LogP contribution in [-0.4, -0.2) is 0 Å². The summed E-state index contributed by atoms with van der Waals surface area (Å²) < 4.78 is 0. The van der Waals surface area contributed by atoms with Gasteiger partial charge in [-0.2, -0.15) is 0 Å². The van der Waals surface area contributed by atoms with Crippen LogP contribution in [0.15, 0.2) is 18.2 Å². The molecule has 22 heavy (non-hydrogen) atoms. The van der Waals surface area contributed by atoms with Crippen molar-refractivity contribution in [2.75, 3.05) is 11.5 Å². The van der Waals surface area contributed by atoms with Gasteiger partial charge in [0.05, 0.1) is 11.4 Å². The first kappa shape index (κ1) is 15.7. The Morgan fingerprint density at radius 1 is 0.955 bits per heavy atom. The van der Waals surface area contributed by atoms with Crippen molar-refractivity contribution in [2.24, 2.45) is 23.7 Å². The maximum absolute atomic E-state index is 5.94. The van der Waals surface area contributed by atoms with E-state index in [-0.39, 0.29) is 0 Å². The summed E-state index contributed by atoms with van der Waals surface area (Å²) in [4.78, 5) is 0. The van der Waals surface area contributed by atoms with E-state index in [0.717, 1.165) is 35.8 Å². The third-order valence-electron chi connectivity index (χ3n) is 6.42. The van der Waals surface area contributed by atoms with E-state index in [2.05, 4.69) is 19.1 Å². The standard InChI is InChI=1S/C20H32N2/c1-14-6-9-18(16-4-2-3-5-16)13-17(14)10-7-15-8-11-19(21)20(22)12-15/h8,11-12,14,16-18H,2-7,9-10,13,21-22H2,1H3/t14?,17-,18+/m0/s1. The van der Waals surface area contributed by atoms with Crippen LogP contribution >= 0.6 is 0 Å². The van der Waals surface area contributed by atoms with Crippen LogP contribution in [0, 0.1) is 23.7 Å². The van der Waals surface area contributed by atoms with Crippen LogP contribution in [0.25, 0.3) is 0 Å². The summed E-state index contributed by atoms with van der Waals surface area (Å²) in [6, 6.07) is 6.17. The topological polar surface area (TPSA) is 52.0 Å². The molecule has 0 aromatic heterocycles.